The van der Waals surface area contributed by atoms with Gasteiger partial charge < -0.3 is 4.90 Å². The zero-order valence-electron chi connectivity index (χ0n) is 18.4. The van der Waals surface area contributed by atoms with Gasteiger partial charge >= 0.3 is 0 Å². The second-order valence-electron chi connectivity index (χ2n) is 8.97. The second-order valence-corrected chi connectivity index (χ2v) is 8.97. The Balaban J connectivity index is 1.58. The Labute approximate surface area is 178 Å². The van der Waals surface area contributed by atoms with E-state index in [-0.39, 0.29) is 11.4 Å². The van der Waals surface area contributed by atoms with Crippen molar-refractivity contribution in [2.24, 2.45) is 5.10 Å². The summed E-state index contributed by atoms with van der Waals surface area (Å²) in [5, 5.41) is 6.24. The smallest absolute Gasteiger partial charge is 0.271 e. The van der Waals surface area contributed by atoms with E-state index >= 15 is 0 Å². The molecule has 1 aliphatic heterocycles. The van der Waals surface area contributed by atoms with Crippen LogP contribution in [0.15, 0.2) is 59.7 Å². The maximum Gasteiger partial charge on any atom is 0.271 e. The molecule has 4 rings (SSSR count). The third-order valence-electron chi connectivity index (χ3n) is 6.43. The van der Waals surface area contributed by atoms with Crippen LogP contribution in [-0.4, -0.2) is 24.7 Å². The number of fused-ring (bicyclic) bond motifs is 2. The molecule has 154 valence electrons. The number of hydrazone groups is 1. The van der Waals surface area contributed by atoms with Crippen molar-refractivity contribution in [3.63, 3.8) is 0 Å². The maximum absolute atomic E-state index is 12.7. The van der Waals surface area contributed by atoms with Crippen molar-refractivity contribution in [2.75, 3.05) is 11.9 Å². The van der Waals surface area contributed by atoms with Gasteiger partial charge in [-0.2, -0.15) is 5.10 Å². The molecule has 0 aliphatic carbocycles. The molecule has 1 aliphatic rings. The SMILES string of the molecule is Cc1cc2c(cc1/C=N/NC(=O)c1cccc3ccccc13)C(C)CC(C)(C)N2C. The van der Waals surface area contributed by atoms with Crippen LogP contribution in [-0.2, 0) is 0 Å². The van der Waals surface area contributed by atoms with E-state index in [1.165, 1.54) is 11.3 Å². The van der Waals surface area contributed by atoms with E-state index in [4.69, 9.17) is 0 Å². The first-order chi connectivity index (χ1) is 14.3. The van der Waals surface area contributed by atoms with Crippen LogP contribution in [0.3, 0.4) is 0 Å². The summed E-state index contributed by atoms with van der Waals surface area (Å²) in [6, 6.07) is 18.1. The van der Waals surface area contributed by atoms with Gasteiger partial charge in [-0.15, -0.1) is 0 Å². The Morgan fingerprint density at radius 3 is 2.70 bits per heavy atom. The van der Waals surface area contributed by atoms with E-state index in [9.17, 15) is 4.79 Å². The molecule has 30 heavy (non-hydrogen) atoms. The number of benzene rings is 3. The van der Waals surface area contributed by atoms with Gasteiger partial charge in [0.05, 0.1) is 6.21 Å². The summed E-state index contributed by atoms with van der Waals surface area (Å²) in [7, 11) is 2.17. The molecule has 0 saturated carbocycles. The minimum Gasteiger partial charge on any atom is -0.369 e. The summed E-state index contributed by atoms with van der Waals surface area (Å²) < 4.78 is 0. The lowest BCUT2D eigenvalue weighted by molar-refractivity contribution is 0.0957. The minimum absolute atomic E-state index is 0.140. The van der Waals surface area contributed by atoms with Crippen molar-refractivity contribution < 1.29 is 4.79 Å². The fourth-order valence-electron chi connectivity index (χ4n) is 4.52. The molecule has 1 unspecified atom stereocenters. The fraction of sp³-hybridized carbons (Fsp3) is 0.308. The predicted molar refractivity (Wildman–Crippen MR) is 126 cm³/mol. The molecular weight excluding hydrogens is 370 g/mol. The first-order valence-corrected chi connectivity index (χ1v) is 10.5. The van der Waals surface area contributed by atoms with Crippen molar-refractivity contribution in [2.45, 2.75) is 45.6 Å². The van der Waals surface area contributed by atoms with E-state index in [1.54, 1.807) is 6.21 Å². The number of nitrogens with one attached hydrogen (secondary N) is 1. The molecule has 1 amide bonds. The molecule has 0 aromatic heterocycles. The van der Waals surface area contributed by atoms with Gasteiger partial charge in [0.2, 0.25) is 0 Å². The monoisotopic (exact) mass is 399 g/mol. The van der Waals surface area contributed by atoms with Crippen LogP contribution < -0.4 is 10.3 Å². The molecule has 3 aromatic rings. The molecular formula is C26H29N3O. The number of hydrogen-bond acceptors (Lipinski definition) is 3. The summed E-state index contributed by atoms with van der Waals surface area (Å²) in [6.45, 7) is 8.96. The van der Waals surface area contributed by atoms with Gasteiger partial charge in [0, 0.05) is 23.8 Å². The molecule has 1 N–H and O–H groups in total. The number of aryl methyl sites for hydroxylation is 1. The first-order valence-electron chi connectivity index (χ1n) is 10.5. The number of carbonyl (C=O) groups excluding carboxylic acids is 1. The Hall–Kier alpha value is -3.14. The third-order valence-corrected chi connectivity index (χ3v) is 6.43. The lowest BCUT2D eigenvalue weighted by atomic mass is 9.79. The summed E-state index contributed by atoms with van der Waals surface area (Å²) in [4.78, 5) is 15.1. The van der Waals surface area contributed by atoms with Crippen molar-refractivity contribution in [3.05, 3.63) is 76.9 Å². The molecule has 4 nitrogen and oxygen atoms in total. The molecule has 1 heterocycles. The van der Waals surface area contributed by atoms with Crippen molar-refractivity contribution in [1.29, 1.82) is 0 Å². The van der Waals surface area contributed by atoms with E-state index < -0.39 is 0 Å². The largest absolute Gasteiger partial charge is 0.369 e. The van der Waals surface area contributed by atoms with Crippen LogP contribution in [0.2, 0.25) is 0 Å². The number of amides is 1. The Bertz CT molecular complexity index is 1140. The standard InChI is InChI=1S/C26H29N3O/c1-17-13-24-23(18(2)15-26(3,4)29(24)5)14-20(17)16-27-28-25(30)22-12-8-10-19-9-6-7-11-21(19)22/h6-14,16,18H,15H2,1-5H3,(H,28,30)/b27-16+. The molecule has 0 spiro atoms. The molecule has 4 heteroatoms. The van der Waals surface area contributed by atoms with Gasteiger partial charge in [-0.3, -0.25) is 4.79 Å². The lowest BCUT2D eigenvalue weighted by Gasteiger charge is -2.45. The molecule has 0 bridgehead atoms. The maximum atomic E-state index is 12.7. The molecule has 0 fully saturated rings. The van der Waals surface area contributed by atoms with Crippen LogP contribution in [0.4, 0.5) is 5.69 Å². The van der Waals surface area contributed by atoms with Gasteiger partial charge in [-0.05, 0) is 78.8 Å². The highest BCUT2D eigenvalue weighted by Gasteiger charge is 2.34. The molecule has 0 saturated heterocycles. The van der Waals surface area contributed by atoms with E-state index in [0.29, 0.717) is 11.5 Å². The van der Waals surface area contributed by atoms with Crippen LogP contribution in [0.5, 0.6) is 0 Å². The summed E-state index contributed by atoms with van der Waals surface area (Å²) in [5.74, 6) is 0.276. The zero-order chi connectivity index (χ0) is 21.5. The van der Waals surface area contributed by atoms with Crippen molar-refractivity contribution in [1.82, 2.24) is 5.43 Å². The summed E-state index contributed by atoms with van der Waals surface area (Å²) >= 11 is 0. The lowest BCUT2D eigenvalue weighted by Crippen LogP contribution is -2.45. The van der Waals surface area contributed by atoms with E-state index in [0.717, 1.165) is 28.3 Å². The van der Waals surface area contributed by atoms with Crippen LogP contribution in [0.1, 0.15) is 60.2 Å². The highest BCUT2D eigenvalue weighted by molar-refractivity contribution is 6.07. The first kappa shape index (κ1) is 20.1. The highest BCUT2D eigenvalue weighted by atomic mass is 16.2. The average Bonchev–Trinajstić information content (AvgIpc) is 2.72. The quantitative estimate of drug-likeness (QED) is 0.458. The minimum atomic E-state index is -0.200. The Morgan fingerprint density at radius 1 is 1.17 bits per heavy atom. The average molecular weight is 400 g/mol. The van der Waals surface area contributed by atoms with Crippen molar-refractivity contribution in [3.8, 4) is 0 Å². The fourth-order valence-corrected chi connectivity index (χ4v) is 4.52. The number of rotatable bonds is 3. The second kappa shape index (κ2) is 7.60. The molecule has 0 radical (unpaired) electrons. The van der Waals surface area contributed by atoms with E-state index in [1.807, 2.05) is 42.5 Å². The van der Waals surface area contributed by atoms with Gasteiger partial charge in [-0.25, -0.2) is 5.43 Å². The van der Waals surface area contributed by atoms with Gasteiger partial charge in [-0.1, -0.05) is 43.3 Å². The number of nitrogens with zero attached hydrogens (tertiary/aromatic N) is 2. The zero-order valence-corrected chi connectivity index (χ0v) is 18.4. The van der Waals surface area contributed by atoms with E-state index in [2.05, 4.69) is 62.3 Å². The van der Waals surface area contributed by atoms with Gasteiger partial charge in [0.1, 0.15) is 0 Å². The number of hydrogen-bond donors (Lipinski definition) is 1. The molecule has 3 aromatic carbocycles. The topological polar surface area (TPSA) is 44.7 Å². The van der Waals surface area contributed by atoms with Crippen LogP contribution >= 0.6 is 0 Å². The number of anilines is 1. The molecule has 1 atom stereocenters. The van der Waals surface area contributed by atoms with Gasteiger partial charge in [0.25, 0.3) is 5.91 Å². The van der Waals surface area contributed by atoms with Crippen LogP contribution in [0.25, 0.3) is 10.8 Å². The summed E-state index contributed by atoms with van der Waals surface area (Å²) in [6.07, 6.45) is 2.86. The van der Waals surface area contributed by atoms with Crippen LogP contribution in [0, 0.1) is 6.92 Å². The Morgan fingerprint density at radius 2 is 1.90 bits per heavy atom. The van der Waals surface area contributed by atoms with Gasteiger partial charge in [0.15, 0.2) is 0 Å². The summed E-state index contributed by atoms with van der Waals surface area (Å²) in [5.41, 5.74) is 8.27. The highest BCUT2D eigenvalue weighted by Crippen LogP contribution is 2.43. The third kappa shape index (κ3) is 3.58. The normalized spacial score (nSPS) is 17.9. The predicted octanol–water partition coefficient (Wildman–Crippen LogP) is 5.63. The number of carbonyl (C=O) groups is 1. The Kier molecular flexibility index (Phi) is 5.10. The van der Waals surface area contributed by atoms with Crippen molar-refractivity contribution >= 4 is 28.6 Å².